The first-order valence-electron chi connectivity index (χ1n) is 5.98. The molecule has 0 aliphatic heterocycles. The molecule has 0 N–H and O–H groups in total. The lowest BCUT2D eigenvalue weighted by Gasteiger charge is -2.06. The summed E-state index contributed by atoms with van der Waals surface area (Å²) < 4.78 is 0. The van der Waals surface area contributed by atoms with Crippen LogP contribution in [0.4, 0.5) is 0 Å². The van der Waals surface area contributed by atoms with E-state index in [1.54, 1.807) is 0 Å². The number of aliphatic imine (C=N–C) groups is 1. The van der Waals surface area contributed by atoms with Crippen LogP contribution < -0.4 is 0 Å². The van der Waals surface area contributed by atoms with Crippen molar-refractivity contribution in [3.8, 4) is 0 Å². The predicted molar refractivity (Wildman–Crippen MR) is 70.7 cm³/mol. The highest BCUT2D eigenvalue weighted by Crippen LogP contribution is 2.09. The number of nitrogens with zero attached hydrogens (tertiary/aromatic N) is 1. The second-order valence-electron chi connectivity index (χ2n) is 4.04. The lowest BCUT2D eigenvalue weighted by molar-refractivity contribution is 0.855. The van der Waals surface area contributed by atoms with Crippen LogP contribution in [-0.2, 0) is 0 Å². The minimum Gasteiger partial charge on any atom is -0.290 e. The molecule has 0 saturated heterocycles. The lowest BCUT2D eigenvalue weighted by Crippen LogP contribution is -2.00. The fraction of sp³-hybridized carbons (Fsp3) is 0.643. The van der Waals surface area contributed by atoms with Gasteiger partial charge in [0.2, 0.25) is 0 Å². The SMILES string of the molecule is CC/C=C(C)\C=C(\C)C(C)N=CCCC. The monoisotopic (exact) mass is 207 g/mol. The molecule has 1 nitrogen and oxygen atoms in total. The van der Waals surface area contributed by atoms with Crippen molar-refractivity contribution in [2.24, 2.45) is 4.99 Å². The Morgan fingerprint density at radius 3 is 2.47 bits per heavy atom. The van der Waals surface area contributed by atoms with E-state index in [9.17, 15) is 0 Å². The number of rotatable bonds is 6. The third-order valence-corrected chi connectivity index (χ3v) is 2.39. The van der Waals surface area contributed by atoms with Gasteiger partial charge in [0, 0.05) is 0 Å². The number of unbranched alkanes of at least 4 members (excludes halogenated alkanes) is 1. The molecule has 1 unspecified atom stereocenters. The molecular weight excluding hydrogens is 182 g/mol. The molecule has 1 heteroatoms. The van der Waals surface area contributed by atoms with Gasteiger partial charge in [-0.2, -0.15) is 0 Å². The van der Waals surface area contributed by atoms with Crippen LogP contribution in [0, 0.1) is 0 Å². The lowest BCUT2D eigenvalue weighted by atomic mass is 10.1. The Bertz CT molecular complexity index is 246. The second-order valence-corrected chi connectivity index (χ2v) is 4.04. The summed E-state index contributed by atoms with van der Waals surface area (Å²) in [4.78, 5) is 4.51. The largest absolute Gasteiger partial charge is 0.290 e. The minimum absolute atomic E-state index is 0.316. The summed E-state index contributed by atoms with van der Waals surface area (Å²) in [6.45, 7) is 10.8. The van der Waals surface area contributed by atoms with Crippen molar-refractivity contribution in [3.05, 3.63) is 23.3 Å². The van der Waals surface area contributed by atoms with Crippen molar-refractivity contribution < 1.29 is 0 Å². The Morgan fingerprint density at radius 1 is 1.27 bits per heavy atom. The van der Waals surface area contributed by atoms with Crippen LogP contribution in [0.5, 0.6) is 0 Å². The van der Waals surface area contributed by atoms with E-state index in [-0.39, 0.29) is 0 Å². The van der Waals surface area contributed by atoms with Crippen LogP contribution in [0.15, 0.2) is 28.3 Å². The average molecular weight is 207 g/mol. The van der Waals surface area contributed by atoms with Crippen LogP contribution in [0.1, 0.15) is 53.9 Å². The van der Waals surface area contributed by atoms with E-state index < -0.39 is 0 Å². The van der Waals surface area contributed by atoms with Gasteiger partial charge in [0.15, 0.2) is 0 Å². The van der Waals surface area contributed by atoms with E-state index in [1.165, 1.54) is 17.6 Å². The Morgan fingerprint density at radius 2 is 1.93 bits per heavy atom. The molecule has 0 aromatic carbocycles. The molecule has 15 heavy (non-hydrogen) atoms. The van der Waals surface area contributed by atoms with Crippen molar-refractivity contribution in [1.82, 2.24) is 0 Å². The maximum absolute atomic E-state index is 4.51. The number of hydrogen-bond acceptors (Lipinski definition) is 1. The summed E-state index contributed by atoms with van der Waals surface area (Å²) in [5.74, 6) is 0. The maximum Gasteiger partial charge on any atom is 0.0677 e. The van der Waals surface area contributed by atoms with Crippen molar-refractivity contribution in [2.75, 3.05) is 0 Å². The normalized spacial score (nSPS) is 16.1. The Hall–Kier alpha value is -0.850. The Labute approximate surface area is 95.0 Å². The minimum atomic E-state index is 0.316. The maximum atomic E-state index is 4.51. The zero-order valence-electron chi connectivity index (χ0n) is 10.9. The third-order valence-electron chi connectivity index (χ3n) is 2.39. The summed E-state index contributed by atoms with van der Waals surface area (Å²) in [7, 11) is 0. The number of hydrogen-bond donors (Lipinski definition) is 0. The van der Waals surface area contributed by atoms with Crippen LogP contribution in [0.25, 0.3) is 0 Å². The van der Waals surface area contributed by atoms with Crippen molar-refractivity contribution in [2.45, 2.75) is 59.9 Å². The summed E-state index contributed by atoms with van der Waals surface area (Å²) in [6.07, 6.45) is 9.88. The first kappa shape index (κ1) is 14.2. The second kappa shape index (κ2) is 8.46. The average Bonchev–Trinajstić information content (AvgIpc) is 2.18. The molecule has 0 bridgehead atoms. The quantitative estimate of drug-likeness (QED) is 0.447. The summed E-state index contributed by atoms with van der Waals surface area (Å²) in [6, 6.07) is 0.316. The van der Waals surface area contributed by atoms with Crippen LogP contribution in [0.2, 0.25) is 0 Å². The van der Waals surface area contributed by atoms with E-state index in [0.29, 0.717) is 6.04 Å². The number of allylic oxidation sites excluding steroid dienone is 3. The molecule has 0 spiro atoms. The predicted octanol–water partition coefficient (Wildman–Crippen LogP) is 4.55. The molecule has 86 valence electrons. The van der Waals surface area contributed by atoms with Gasteiger partial charge in [-0.15, -0.1) is 0 Å². The van der Waals surface area contributed by atoms with Gasteiger partial charge in [-0.1, -0.05) is 38.0 Å². The molecule has 0 saturated carbocycles. The molecule has 0 fully saturated rings. The van der Waals surface area contributed by atoms with Gasteiger partial charge in [-0.05, 0) is 45.4 Å². The van der Waals surface area contributed by atoms with E-state index in [1.807, 2.05) is 6.21 Å². The standard InChI is InChI=1S/C14H25N/c1-6-8-10-15-14(5)13(4)11-12(3)9-7-2/h9-11,14H,6-8H2,1-5H3/b12-9-,13-11-,15-10?. The van der Waals surface area contributed by atoms with Crippen LogP contribution >= 0.6 is 0 Å². The highest BCUT2D eigenvalue weighted by Gasteiger charge is 1.99. The van der Waals surface area contributed by atoms with Gasteiger partial charge in [-0.25, -0.2) is 0 Å². The zero-order chi connectivity index (χ0) is 11.7. The van der Waals surface area contributed by atoms with Crippen molar-refractivity contribution in [3.63, 3.8) is 0 Å². The van der Waals surface area contributed by atoms with E-state index in [0.717, 1.165) is 12.8 Å². The molecule has 0 radical (unpaired) electrons. The smallest absolute Gasteiger partial charge is 0.0677 e. The molecule has 0 amide bonds. The van der Waals surface area contributed by atoms with Gasteiger partial charge in [-0.3, -0.25) is 4.99 Å². The molecule has 1 atom stereocenters. The Balaban J connectivity index is 4.30. The van der Waals surface area contributed by atoms with Gasteiger partial charge in [0.25, 0.3) is 0 Å². The van der Waals surface area contributed by atoms with Crippen LogP contribution in [-0.4, -0.2) is 12.3 Å². The molecule has 0 aromatic heterocycles. The zero-order valence-corrected chi connectivity index (χ0v) is 10.9. The van der Waals surface area contributed by atoms with Gasteiger partial charge >= 0.3 is 0 Å². The molecule has 0 aliphatic rings. The molecule has 0 aliphatic carbocycles. The van der Waals surface area contributed by atoms with E-state index >= 15 is 0 Å². The molecule has 0 rings (SSSR count). The van der Waals surface area contributed by atoms with Gasteiger partial charge in [0.1, 0.15) is 0 Å². The summed E-state index contributed by atoms with van der Waals surface area (Å²) in [5.41, 5.74) is 2.68. The first-order chi connectivity index (χ1) is 7.11. The highest BCUT2D eigenvalue weighted by atomic mass is 14.8. The third kappa shape index (κ3) is 7.12. The molecule has 0 aromatic rings. The van der Waals surface area contributed by atoms with Gasteiger partial charge in [0.05, 0.1) is 6.04 Å². The summed E-state index contributed by atoms with van der Waals surface area (Å²) >= 11 is 0. The van der Waals surface area contributed by atoms with Gasteiger partial charge < -0.3 is 0 Å². The fourth-order valence-electron chi connectivity index (χ4n) is 1.34. The summed E-state index contributed by atoms with van der Waals surface area (Å²) in [5, 5.41) is 0. The fourth-order valence-corrected chi connectivity index (χ4v) is 1.34. The first-order valence-corrected chi connectivity index (χ1v) is 5.98. The van der Waals surface area contributed by atoms with Crippen LogP contribution in [0.3, 0.4) is 0 Å². The van der Waals surface area contributed by atoms with E-state index in [4.69, 9.17) is 0 Å². The Kier molecular flexibility index (Phi) is 7.98. The topological polar surface area (TPSA) is 12.4 Å². The molecule has 0 heterocycles. The van der Waals surface area contributed by atoms with E-state index in [2.05, 4.69) is 51.8 Å². The van der Waals surface area contributed by atoms with Crippen molar-refractivity contribution >= 4 is 6.21 Å². The highest BCUT2D eigenvalue weighted by molar-refractivity contribution is 5.57. The van der Waals surface area contributed by atoms with Crippen molar-refractivity contribution in [1.29, 1.82) is 0 Å². The molecular formula is C14H25N.